The predicted molar refractivity (Wildman–Crippen MR) is 65.3 cm³/mol. The van der Waals surface area contributed by atoms with Crippen LogP contribution in [0.3, 0.4) is 0 Å². The lowest BCUT2D eigenvalue weighted by molar-refractivity contribution is 1.30. The van der Waals surface area contributed by atoms with Crippen LogP contribution in [0.15, 0.2) is 22.1 Å². The summed E-state index contributed by atoms with van der Waals surface area (Å²) in [6.45, 7) is 3.96. The molecular formula is C10H8N2S2. The number of benzene rings is 1. The minimum atomic E-state index is 0.681. The highest BCUT2D eigenvalue weighted by Crippen LogP contribution is 2.32. The number of nitrogens with zero attached hydrogens (tertiary/aromatic N) is 2. The molecule has 0 N–H and O–H groups in total. The third kappa shape index (κ3) is 2.19. The first kappa shape index (κ1) is 10.9. The van der Waals surface area contributed by atoms with Gasteiger partial charge >= 0.3 is 0 Å². The third-order valence-electron chi connectivity index (χ3n) is 2.00. The molecule has 0 unspecified atom stereocenters. The lowest BCUT2D eigenvalue weighted by Gasteiger charge is -2.04. The van der Waals surface area contributed by atoms with Crippen molar-refractivity contribution in [3.05, 3.63) is 23.3 Å². The maximum atomic E-state index is 4.58. The van der Waals surface area contributed by atoms with Crippen molar-refractivity contribution >= 4 is 46.1 Å². The predicted octanol–water partition coefficient (Wildman–Crippen LogP) is 3.77. The van der Waals surface area contributed by atoms with Gasteiger partial charge in [0.2, 0.25) is 0 Å². The number of thiocarbonyl (C=S) groups is 2. The average molecular weight is 220 g/mol. The van der Waals surface area contributed by atoms with Crippen LogP contribution in [0.1, 0.15) is 11.1 Å². The maximum Gasteiger partial charge on any atom is 0.104 e. The molecule has 1 aromatic rings. The molecule has 0 aliphatic rings. The molecule has 4 heteroatoms. The van der Waals surface area contributed by atoms with E-state index in [1.54, 1.807) is 0 Å². The number of aliphatic imine (C=N–C) groups is 2. The smallest absolute Gasteiger partial charge is 0.104 e. The Hall–Kier alpha value is -1.18. The van der Waals surface area contributed by atoms with Crippen LogP contribution in [0.25, 0.3) is 0 Å². The van der Waals surface area contributed by atoms with Crippen molar-refractivity contribution < 1.29 is 0 Å². The highest BCUT2D eigenvalue weighted by molar-refractivity contribution is 7.78. The van der Waals surface area contributed by atoms with Gasteiger partial charge in [0, 0.05) is 0 Å². The normalized spacial score (nSPS) is 8.71. The number of aryl methyl sites for hydroxylation is 1. The molecule has 0 aliphatic carbocycles. The number of hydrogen-bond donors (Lipinski definition) is 0. The van der Waals surface area contributed by atoms with Crippen molar-refractivity contribution in [1.82, 2.24) is 0 Å². The summed E-state index contributed by atoms with van der Waals surface area (Å²) in [6, 6.07) is 3.80. The molecule has 0 atom stereocenters. The Morgan fingerprint density at radius 1 is 1.07 bits per heavy atom. The van der Waals surface area contributed by atoms with Crippen molar-refractivity contribution in [3.8, 4) is 0 Å². The average Bonchev–Trinajstić information content (AvgIpc) is 2.18. The number of hydrogen-bond acceptors (Lipinski definition) is 4. The van der Waals surface area contributed by atoms with Crippen LogP contribution in [-0.4, -0.2) is 10.3 Å². The van der Waals surface area contributed by atoms with Gasteiger partial charge in [-0.1, -0.05) is 6.07 Å². The molecule has 0 aromatic heterocycles. The van der Waals surface area contributed by atoms with Crippen LogP contribution < -0.4 is 0 Å². The highest BCUT2D eigenvalue weighted by atomic mass is 32.1. The molecule has 1 aromatic carbocycles. The van der Waals surface area contributed by atoms with Gasteiger partial charge in [-0.2, -0.15) is 9.98 Å². The first-order valence-corrected chi connectivity index (χ1v) is 4.78. The van der Waals surface area contributed by atoms with Gasteiger partial charge < -0.3 is 0 Å². The maximum absolute atomic E-state index is 4.58. The second-order valence-corrected chi connectivity index (χ2v) is 3.15. The molecular weight excluding hydrogens is 212 g/mol. The van der Waals surface area contributed by atoms with Gasteiger partial charge in [0.05, 0.1) is 10.3 Å². The van der Waals surface area contributed by atoms with E-state index in [4.69, 9.17) is 0 Å². The molecule has 2 nitrogen and oxygen atoms in total. The molecule has 0 amide bonds. The van der Waals surface area contributed by atoms with Crippen molar-refractivity contribution in [2.24, 2.45) is 9.98 Å². The molecule has 0 spiro atoms. The zero-order chi connectivity index (χ0) is 10.6. The quantitative estimate of drug-likeness (QED) is 0.560. The molecule has 0 aliphatic heterocycles. The standard InChI is InChI=1S/C10H8N2S2/c1-7-3-4-9(11-5-13)10(8(7)2)12-6-14/h3-4H,1-2H3. The van der Waals surface area contributed by atoms with Gasteiger partial charge in [-0.3, -0.25) is 0 Å². The summed E-state index contributed by atoms with van der Waals surface area (Å²) in [5, 5.41) is 4.65. The van der Waals surface area contributed by atoms with Gasteiger partial charge in [-0.15, -0.1) is 0 Å². The second kappa shape index (κ2) is 4.89. The molecule has 70 valence electrons. The SMILES string of the molecule is Cc1ccc(N=C=S)c(N=C=S)c1C. The van der Waals surface area contributed by atoms with Crippen LogP contribution in [0.4, 0.5) is 11.4 Å². The van der Waals surface area contributed by atoms with Crippen LogP contribution in [0.5, 0.6) is 0 Å². The van der Waals surface area contributed by atoms with E-state index < -0.39 is 0 Å². The molecule has 0 bridgehead atoms. The van der Waals surface area contributed by atoms with Gasteiger partial charge in [0.25, 0.3) is 0 Å². The molecule has 0 radical (unpaired) electrons. The van der Waals surface area contributed by atoms with Crippen LogP contribution in [0.2, 0.25) is 0 Å². The van der Waals surface area contributed by atoms with E-state index in [0.717, 1.165) is 16.8 Å². The Kier molecular flexibility index (Phi) is 3.81. The fourth-order valence-electron chi connectivity index (χ4n) is 1.11. The molecule has 0 saturated heterocycles. The molecule has 1 rings (SSSR count). The van der Waals surface area contributed by atoms with Crippen LogP contribution >= 0.6 is 24.4 Å². The second-order valence-electron chi connectivity index (χ2n) is 2.78. The van der Waals surface area contributed by atoms with E-state index in [-0.39, 0.29) is 0 Å². The summed E-state index contributed by atoms with van der Waals surface area (Å²) >= 11 is 9.13. The monoisotopic (exact) mass is 220 g/mol. The lowest BCUT2D eigenvalue weighted by atomic mass is 10.1. The summed E-state index contributed by atoms with van der Waals surface area (Å²) in [5.41, 5.74) is 3.57. The Morgan fingerprint density at radius 2 is 1.71 bits per heavy atom. The van der Waals surface area contributed by atoms with Crippen LogP contribution in [0, 0.1) is 13.8 Å². The van der Waals surface area contributed by atoms with Crippen molar-refractivity contribution in [1.29, 1.82) is 0 Å². The van der Waals surface area contributed by atoms with Gasteiger partial charge in [0.15, 0.2) is 0 Å². The fraction of sp³-hybridized carbons (Fsp3) is 0.200. The molecule has 14 heavy (non-hydrogen) atoms. The summed E-state index contributed by atoms with van der Waals surface area (Å²) in [6.07, 6.45) is 0. The van der Waals surface area contributed by atoms with E-state index in [2.05, 4.69) is 44.7 Å². The molecule has 0 saturated carbocycles. The largest absolute Gasteiger partial charge is 0.192 e. The number of isothiocyanates is 2. The minimum absolute atomic E-state index is 0.681. The minimum Gasteiger partial charge on any atom is -0.192 e. The highest BCUT2D eigenvalue weighted by Gasteiger charge is 2.05. The third-order valence-corrected chi connectivity index (χ3v) is 2.19. The summed E-state index contributed by atoms with van der Waals surface area (Å²) in [5.74, 6) is 0. The Labute approximate surface area is 93.4 Å². The van der Waals surface area contributed by atoms with E-state index in [1.165, 1.54) is 0 Å². The van der Waals surface area contributed by atoms with Crippen molar-refractivity contribution in [2.45, 2.75) is 13.8 Å². The van der Waals surface area contributed by atoms with Crippen molar-refractivity contribution in [3.63, 3.8) is 0 Å². The number of rotatable bonds is 2. The van der Waals surface area contributed by atoms with Crippen molar-refractivity contribution in [2.75, 3.05) is 0 Å². The van der Waals surface area contributed by atoms with Gasteiger partial charge in [-0.05, 0) is 55.5 Å². The Bertz CT molecular complexity index is 453. The van der Waals surface area contributed by atoms with E-state index in [0.29, 0.717) is 5.69 Å². The fourth-order valence-corrected chi connectivity index (χ4v) is 1.30. The van der Waals surface area contributed by atoms with Gasteiger partial charge in [0.1, 0.15) is 11.4 Å². The molecule has 0 heterocycles. The first-order valence-electron chi connectivity index (χ1n) is 3.96. The lowest BCUT2D eigenvalue weighted by Crippen LogP contribution is -1.81. The summed E-state index contributed by atoms with van der Waals surface area (Å²) < 4.78 is 0. The Morgan fingerprint density at radius 3 is 2.29 bits per heavy atom. The van der Waals surface area contributed by atoms with E-state index in [9.17, 15) is 0 Å². The summed E-state index contributed by atoms with van der Waals surface area (Å²) in [7, 11) is 0. The van der Waals surface area contributed by atoms with Gasteiger partial charge in [-0.25, -0.2) is 0 Å². The van der Waals surface area contributed by atoms with E-state index in [1.807, 2.05) is 26.0 Å². The van der Waals surface area contributed by atoms with Crippen LogP contribution in [-0.2, 0) is 0 Å². The van der Waals surface area contributed by atoms with E-state index >= 15 is 0 Å². The zero-order valence-corrected chi connectivity index (χ0v) is 9.50. The molecule has 0 fully saturated rings. The Balaban J connectivity index is 3.51. The summed E-state index contributed by atoms with van der Waals surface area (Å²) in [4.78, 5) is 7.88. The first-order chi connectivity index (χ1) is 6.70. The topological polar surface area (TPSA) is 24.7 Å². The zero-order valence-electron chi connectivity index (χ0n) is 7.87.